The summed E-state index contributed by atoms with van der Waals surface area (Å²) in [6.45, 7) is -3.09. The molecule has 2 aromatic rings. The molecule has 0 saturated heterocycles. The number of ether oxygens (including phenoxy) is 3. The van der Waals surface area contributed by atoms with Gasteiger partial charge in [-0.1, -0.05) is 12.1 Å². The van der Waals surface area contributed by atoms with Gasteiger partial charge in [0.25, 0.3) is 0 Å². The van der Waals surface area contributed by atoms with E-state index in [4.69, 9.17) is 4.74 Å². The van der Waals surface area contributed by atoms with Gasteiger partial charge in [-0.25, -0.2) is 0 Å². The lowest BCUT2D eigenvalue weighted by molar-refractivity contribution is -0.274. The van der Waals surface area contributed by atoms with Crippen LogP contribution in [0.3, 0.4) is 0 Å². The van der Waals surface area contributed by atoms with E-state index in [0.717, 1.165) is 18.2 Å². The molecular formula is C18H14F5NO4. The van der Waals surface area contributed by atoms with Crippen LogP contribution in [0.1, 0.15) is 5.56 Å². The molecule has 0 aliphatic rings. The molecule has 0 aliphatic heterocycles. The summed E-state index contributed by atoms with van der Waals surface area (Å²) in [5.74, 6) is -1.26. The molecule has 2 rings (SSSR count). The number of nitrogens with one attached hydrogen (secondary N) is 1. The van der Waals surface area contributed by atoms with Gasteiger partial charge in [-0.3, -0.25) is 4.79 Å². The van der Waals surface area contributed by atoms with E-state index in [-0.39, 0.29) is 22.7 Å². The van der Waals surface area contributed by atoms with Gasteiger partial charge in [-0.2, -0.15) is 8.78 Å². The summed E-state index contributed by atoms with van der Waals surface area (Å²) >= 11 is 0. The number of anilines is 1. The van der Waals surface area contributed by atoms with Crippen molar-refractivity contribution in [1.29, 1.82) is 0 Å². The van der Waals surface area contributed by atoms with Crippen LogP contribution in [-0.2, 0) is 4.79 Å². The van der Waals surface area contributed by atoms with Crippen LogP contribution in [0, 0.1) is 0 Å². The number of amides is 1. The fourth-order valence-electron chi connectivity index (χ4n) is 2.13. The molecule has 1 N–H and O–H groups in total. The molecule has 0 heterocycles. The highest BCUT2D eigenvalue weighted by Gasteiger charge is 2.30. The zero-order valence-electron chi connectivity index (χ0n) is 14.3. The minimum Gasteiger partial charge on any atom is -0.493 e. The van der Waals surface area contributed by atoms with Crippen LogP contribution in [0.15, 0.2) is 48.5 Å². The molecule has 0 saturated carbocycles. The smallest absolute Gasteiger partial charge is 0.493 e. The third-order valence-corrected chi connectivity index (χ3v) is 3.21. The molecule has 2 aromatic carbocycles. The Labute approximate surface area is 156 Å². The Kier molecular flexibility index (Phi) is 6.80. The maximum Gasteiger partial charge on any atom is 0.573 e. The summed E-state index contributed by atoms with van der Waals surface area (Å²) in [6.07, 6.45) is -2.54. The molecule has 0 radical (unpaired) electrons. The number of benzene rings is 2. The average Bonchev–Trinajstić information content (AvgIpc) is 2.60. The summed E-state index contributed by atoms with van der Waals surface area (Å²) in [4.78, 5) is 12.0. The molecular weight excluding hydrogens is 389 g/mol. The molecule has 28 heavy (non-hydrogen) atoms. The number of rotatable bonds is 7. The molecule has 0 unspecified atom stereocenters. The van der Waals surface area contributed by atoms with Crippen molar-refractivity contribution < 1.29 is 41.0 Å². The zero-order chi connectivity index (χ0) is 20.7. The largest absolute Gasteiger partial charge is 0.573 e. The number of halogens is 5. The van der Waals surface area contributed by atoms with Gasteiger partial charge in [0.05, 0.1) is 7.11 Å². The van der Waals surface area contributed by atoms with E-state index in [0.29, 0.717) is 0 Å². The van der Waals surface area contributed by atoms with Crippen LogP contribution in [0.2, 0.25) is 0 Å². The second kappa shape index (κ2) is 9.07. The summed E-state index contributed by atoms with van der Waals surface area (Å²) in [5, 5.41) is 2.41. The van der Waals surface area contributed by atoms with Gasteiger partial charge in [0.15, 0.2) is 11.5 Å². The summed E-state index contributed by atoms with van der Waals surface area (Å²) in [6, 6.07) is 8.86. The van der Waals surface area contributed by atoms with Gasteiger partial charge in [-0.15, -0.1) is 13.2 Å². The van der Waals surface area contributed by atoms with Crippen LogP contribution in [0.25, 0.3) is 6.08 Å². The maximum absolute atomic E-state index is 12.6. The van der Waals surface area contributed by atoms with E-state index >= 15 is 0 Å². The number of carbonyl (C=O) groups excluding carboxylic acids is 1. The van der Waals surface area contributed by atoms with Crippen molar-refractivity contribution in [3.05, 3.63) is 54.1 Å². The van der Waals surface area contributed by atoms with Gasteiger partial charge < -0.3 is 19.5 Å². The van der Waals surface area contributed by atoms with E-state index in [1.807, 2.05) is 0 Å². The van der Waals surface area contributed by atoms with E-state index in [1.54, 1.807) is 0 Å². The van der Waals surface area contributed by atoms with Crippen molar-refractivity contribution in [2.75, 3.05) is 12.4 Å². The van der Waals surface area contributed by atoms with Crippen molar-refractivity contribution in [3.63, 3.8) is 0 Å². The molecule has 0 bridgehead atoms. The topological polar surface area (TPSA) is 56.8 Å². The van der Waals surface area contributed by atoms with Gasteiger partial charge >= 0.3 is 13.0 Å². The number of alkyl halides is 5. The van der Waals surface area contributed by atoms with Crippen LogP contribution >= 0.6 is 0 Å². The van der Waals surface area contributed by atoms with Crippen molar-refractivity contribution in [2.24, 2.45) is 0 Å². The third kappa shape index (κ3) is 6.45. The monoisotopic (exact) mass is 403 g/mol. The summed E-state index contributed by atoms with van der Waals surface area (Å²) in [5.41, 5.74) is 0.377. The van der Waals surface area contributed by atoms with Crippen molar-refractivity contribution in [3.8, 4) is 17.2 Å². The van der Waals surface area contributed by atoms with Crippen molar-refractivity contribution >= 4 is 17.7 Å². The number of hydrogen-bond donors (Lipinski definition) is 1. The van der Waals surface area contributed by atoms with Gasteiger partial charge in [-0.05, 0) is 36.4 Å². The Morgan fingerprint density at radius 3 is 2.36 bits per heavy atom. The molecule has 0 atom stereocenters. The zero-order valence-corrected chi connectivity index (χ0v) is 14.3. The highest BCUT2D eigenvalue weighted by molar-refractivity contribution is 6.02. The van der Waals surface area contributed by atoms with E-state index < -0.39 is 24.6 Å². The SMILES string of the molecule is COc1cccc(/C=C/C(=O)Nc2ccc(OC(F)(F)F)cc2)c1OC(F)F. The maximum atomic E-state index is 12.6. The van der Waals surface area contributed by atoms with E-state index in [9.17, 15) is 26.7 Å². The predicted molar refractivity (Wildman–Crippen MR) is 90.4 cm³/mol. The van der Waals surface area contributed by atoms with E-state index in [1.165, 1.54) is 43.5 Å². The van der Waals surface area contributed by atoms with Gasteiger partial charge in [0.1, 0.15) is 5.75 Å². The minimum absolute atomic E-state index is 0.0584. The standard InChI is InChI=1S/C18H14F5NO4/c1-26-14-4-2-3-11(16(14)27-17(19)20)5-10-15(25)24-12-6-8-13(9-7-12)28-18(21,22)23/h2-10,17H,1H3,(H,24,25)/b10-5+. The second-order valence-electron chi connectivity index (χ2n) is 5.15. The van der Waals surface area contributed by atoms with Crippen molar-refractivity contribution in [1.82, 2.24) is 0 Å². The normalized spacial score (nSPS) is 11.5. The molecule has 5 nitrogen and oxygen atoms in total. The number of hydrogen-bond acceptors (Lipinski definition) is 4. The molecule has 0 aliphatic carbocycles. The number of para-hydroxylation sites is 1. The van der Waals surface area contributed by atoms with Gasteiger partial charge in [0, 0.05) is 17.3 Å². The molecule has 0 aromatic heterocycles. The highest BCUT2D eigenvalue weighted by atomic mass is 19.4. The second-order valence-corrected chi connectivity index (χ2v) is 5.15. The lowest BCUT2D eigenvalue weighted by Gasteiger charge is -2.12. The Bertz CT molecular complexity index is 835. The highest BCUT2D eigenvalue weighted by Crippen LogP contribution is 2.33. The van der Waals surface area contributed by atoms with Crippen molar-refractivity contribution in [2.45, 2.75) is 13.0 Å². The molecule has 0 fully saturated rings. The summed E-state index contributed by atoms with van der Waals surface area (Å²) < 4.78 is 74.6. The van der Waals surface area contributed by atoms with E-state index in [2.05, 4.69) is 14.8 Å². The Hall–Kier alpha value is -3.30. The lowest BCUT2D eigenvalue weighted by Crippen LogP contribution is -2.17. The first-order chi connectivity index (χ1) is 13.2. The lowest BCUT2D eigenvalue weighted by atomic mass is 10.1. The first kappa shape index (κ1) is 21.0. The minimum atomic E-state index is -4.82. The predicted octanol–water partition coefficient (Wildman–Crippen LogP) is 4.85. The Balaban J connectivity index is 2.08. The van der Waals surface area contributed by atoms with Crippen LogP contribution < -0.4 is 19.5 Å². The Morgan fingerprint density at radius 1 is 1.11 bits per heavy atom. The first-order valence-corrected chi connectivity index (χ1v) is 7.64. The summed E-state index contributed by atoms with van der Waals surface area (Å²) in [7, 11) is 1.28. The molecule has 1 amide bonds. The average molecular weight is 403 g/mol. The molecule has 0 spiro atoms. The third-order valence-electron chi connectivity index (χ3n) is 3.21. The quantitative estimate of drug-likeness (QED) is 0.531. The van der Waals surface area contributed by atoms with Crippen LogP contribution in [0.5, 0.6) is 17.2 Å². The fourth-order valence-corrected chi connectivity index (χ4v) is 2.13. The number of carbonyl (C=O) groups is 1. The van der Waals surface area contributed by atoms with Crippen LogP contribution in [0.4, 0.5) is 27.6 Å². The molecule has 10 heteroatoms. The molecule has 150 valence electrons. The Morgan fingerprint density at radius 2 is 1.79 bits per heavy atom. The fraction of sp³-hybridized carbons (Fsp3) is 0.167. The van der Waals surface area contributed by atoms with Crippen LogP contribution in [-0.4, -0.2) is 26.0 Å². The first-order valence-electron chi connectivity index (χ1n) is 7.64. The van der Waals surface area contributed by atoms with Gasteiger partial charge in [0.2, 0.25) is 5.91 Å². The number of methoxy groups -OCH3 is 1.